The summed E-state index contributed by atoms with van der Waals surface area (Å²) in [7, 11) is 3.32. The molecule has 3 aromatic rings. The zero-order valence-electron chi connectivity index (χ0n) is 22.1. The lowest BCUT2D eigenvalue weighted by Gasteiger charge is -2.34. The Kier molecular flexibility index (Phi) is 8.63. The predicted molar refractivity (Wildman–Crippen MR) is 148 cm³/mol. The molecule has 1 fully saturated rings. The molecule has 202 valence electrons. The van der Waals surface area contributed by atoms with Crippen LogP contribution in [-0.4, -0.2) is 52.2 Å². The third-order valence-corrected chi connectivity index (χ3v) is 8.23. The fourth-order valence-electron chi connectivity index (χ4n) is 4.94. The molecule has 2 amide bonds. The average molecular weight is 539 g/mol. The lowest BCUT2D eigenvalue weighted by Crippen LogP contribution is -2.45. The standard InChI is InChI=1S/C28H34N4O5S/c1-17-5-7-20(8-6-17)27(34)32(18(2)16-37-4)22-15-23(38-24(22)28(35)36)19-9-11-21(12-10-19)30-26(33)25-29-13-14-31(25)3/h9-15,17-18,20H,5-8,16H2,1-4H3,(H,30,33)(H,35,36). The SMILES string of the molecule is COCC(C)N(C(=O)C1CCC(C)CC1)c1cc(-c2ccc(NC(=O)c3nccn3C)cc2)sc1C(=O)O. The number of hydrogen-bond donors (Lipinski definition) is 2. The van der Waals surface area contributed by atoms with E-state index in [-0.39, 0.29) is 28.7 Å². The van der Waals surface area contributed by atoms with Crippen LogP contribution in [0.5, 0.6) is 0 Å². The smallest absolute Gasteiger partial charge is 0.348 e. The van der Waals surface area contributed by atoms with Crippen molar-refractivity contribution in [2.75, 3.05) is 23.9 Å². The van der Waals surface area contributed by atoms with Gasteiger partial charge in [0.05, 0.1) is 18.3 Å². The fourth-order valence-corrected chi connectivity index (χ4v) is 5.93. The Bertz CT molecular complexity index is 1290. The Morgan fingerprint density at radius 3 is 2.47 bits per heavy atom. The summed E-state index contributed by atoms with van der Waals surface area (Å²) < 4.78 is 6.99. The first-order chi connectivity index (χ1) is 18.2. The number of benzene rings is 1. The monoisotopic (exact) mass is 538 g/mol. The van der Waals surface area contributed by atoms with Gasteiger partial charge in [0.25, 0.3) is 5.91 Å². The number of ether oxygens (including phenoxy) is 1. The molecule has 1 aliphatic rings. The number of imidazole rings is 1. The van der Waals surface area contributed by atoms with Gasteiger partial charge in [-0.15, -0.1) is 11.3 Å². The number of anilines is 2. The minimum absolute atomic E-state index is 0.0411. The number of aromatic carboxylic acids is 1. The van der Waals surface area contributed by atoms with Crippen LogP contribution in [0.3, 0.4) is 0 Å². The van der Waals surface area contributed by atoms with Crippen LogP contribution in [0.1, 0.15) is 59.8 Å². The Morgan fingerprint density at radius 2 is 1.89 bits per heavy atom. The van der Waals surface area contributed by atoms with Crippen LogP contribution in [0.4, 0.5) is 11.4 Å². The van der Waals surface area contributed by atoms with Gasteiger partial charge in [-0.1, -0.05) is 19.1 Å². The number of aryl methyl sites for hydroxylation is 1. The van der Waals surface area contributed by atoms with Crippen molar-refractivity contribution in [3.63, 3.8) is 0 Å². The summed E-state index contributed by atoms with van der Waals surface area (Å²) in [5.74, 6) is -0.670. The van der Waals surface area contributed by atoms with E-state index in [1.54, 1.807) is 54.2 Å². The van der Waals surface area contributed by atoms with E-state index in [9.17, 15) is 19.5 Å². The molecule has 0 radical (unpaired) electrons. The quantitative estimate of drug-likeness (QED) is 0.383. The topological polar surface area (TPSA) is 114 Å². The van der Waals surface area contributed by atoms with E-state index in [0.717, 1.165) is 47.5 Å². The minimum atomic E-state index is -1.07. The van der Waals surface area contributed by atoms with Crippen LogP contribution in [0.2, 0.25) is 0 Å². The van der Waals surface area contributed by atoms with Crippen molar-refractivity contribution in [3.05, 3.63) is 53.4 Å². The first-order valence-corrected chi connectivity index (χ1v) is 13.6. The molecule has 0 saturated heterocycles. The first-order valence-electron chi connectivity index (χ1n) is 12.8. The highest BCUT2D eigenvalue weighted by Crippen LogP contribution is 2.40. The summed E-state index contributed by atoms with van der Waals surface area (Å²) in [5.41, 5.74) is 1.78. The maximum atomic E-state index is 13.7. The number of nitrogens with zero attached hydrogens (tertiary/aromatic N) is 3. The molecule has 1 saturated carbocycles. The van der Waals surface area contributed by atoms with E-state index >= 15 is 0 Å². The molecule has 0 spiro atoms. The maximum absolute atomic E-state index is 13.7. The summed E-state index contributed by atoms with van der Waals surface area (Å²) in [5, 5.41) is 12.9. The molecule has 0 bridgehead atoms. The van der Waals surface area contributed by atoms with Crippen LogP contribution < -0.4 is 10.2 Å². The number of methoxy groups -OCH3 is 1. The third-order valence-electron chi connectivity index (χ3n) is 7.07. The predicted octanol–water partition coefficient (Wildman–Crippen LogP) is 5.29. The van der Waals surface area contributed by atoms with E-state index in [4.69, 9.17) is 4.74 Å². The lowest BCUT2D eigenvalue weighted by atomic mass is 9.82. The van der Waals surface area contributed by atoms with Gasteiger partial charge >= 0.3 is 5.97 Å². The third kappa shape index (κ3) is 5.97. The Balaban J connectivity index is 1.62. The van der Waals surface area contributed by atoms with Gasteiger partial charge in [0.15, 0.2) is 5.82 Å². The molecule has 38 heavy (non-hydrogen) atoms. The van der Waals surface area contributed by atoms with Crippen LogP contribution in [0, 0.1) is 11.8 Å². The molecule has 4 rings (SSSR count). The number of nitrogens with one attached hydrogen (secondary N) is 1. The van der Waals surface area contributed by atoms with Crippen LogP contribution in [-0.2, 0) is 16.6 Å². The number of rotatable bonds is 9. The molecular formula is C28H34N4O5S. The summed E-state index contributed by atoms with van der Waals surface area (Å²) in [6.07, 6.45) is 6.85. The molecule has 1 unspecified atom stereocenters. The van der Waals surface area contributed by atoms with Gasteiger partial charge in [-0.05, 0) is 62.3 Å². The van der Waals surface area contributed by atoms with Crippen LogP contribution in [0.15, 0.2) is 42.7 Å². The summed E-state index contributed by atoms with van der Waals surface area (Å²) in [6.45, 7) is 4.38. The Labute approximate surface area is 226 Å². The largest absolute Gasteiger partial charge is 0.477 e. The van der Waals surface area contributed by atoms with Crippen molar-refractivity contribution in [2.24, 2.45) is 18.9 Å². The van der Waals surface area contributed by atoms with E-state index in [2.05, 4.69) is 17.2 Å². The van der Waals surface area contributed by atoms with Gasteiger partial charge < -0.3 is 24.6 Å². The van der Waals surface area contributed by atoms with Gasteiger partial charge in [0, 0.05) is 43.0 Å². The van der Waals surface area contributed by atoms with Crippen LogP contribution in [0.25, 0.3) is 10.4 Å². The second-order valence-corrected chi connectivity index (χ2v) is 11.0. The molecule has 1 aromatic carbocycles. The highest BCUT2D eigenvalue weighted by atomic mass is 32.1. The number of aromatic nitrogens is 2. The van der Waals surface area contributed by atoms with Crippen LogP contribution >= 0.6 is 11.3 Å². The van der Waals surface area contributed by atoms with Crippen molar-refractivity contribution in [2.45, 2.75) is 45.6 Å². The summed E-state index contributed by atoms with van der Waals surface area (Å²) in [6, 6.07) is 8.62. The van der Waals surface area contributed by atoms with Crippen molar-refractivity contribution in [1.82, 2.24) is 9.55 Å². The average Bonchev–Trinajstić information content (AvgIpc) is 3.52. The van der Waals surface area contributed by atoms with E-state index < -0.39 is 5.97 Å². The van der Waals surface area contributed by atoms with E-state index in [1.807, 2.05) is 19.1 Å². The number of carbonyl (C=O) groups is 3. The lowest BCUT2D eigenvalue weighted by molar-refractivity contribution is -0.124. The van der Waals surface area contributed by atoms with Gasteiger partial charge in [-0.3, -0.25) is 9.59 Å². The highest BCUT2D eigenvalue weighted by molar-refractivity contribution is 7.18. The second-order valence-electron chi connectivity index (χ2n) is 9.99. The fraction of sp³-hybridized carbons (Fsp3) is 0.429. The Hall–Kier alpha value is -3.50. The van der Waals surface area contributed by atoms with Crippen molar-refractivity contribution in [3.8, 4) is 10.4 Å². The zero-order valence-corrected chi connectivity index (χ0v) is 23.0. The molecular weight excluding hydrogens is 504 g/mol. The van der Waals surface area contributed by atoms with Gasteiger partial charge in [0.1, 0.15) is 4.88 Å². The molecule has 0 aliphatic heterocycles. The van der Waals surface area contributed by atoms with E-state index in [0.29, 0.717) is 29.7 Å². The summed E-state index contributed by atoms with van der Waals surface area (Å²) >= 11 is 1.13. The second kappa shape index (κ2) is 11.9. The minimum Gasteiger partial charge on any atom is -0.477 e. The van der Waals surface area contributed by atoms with Crippen molar-refractivity contribution < 1.29 is 24.2 Å². The van der Waals surface area contributed by atoms with Crippen molar-refractivity contribution in [1.29, 1.82) is 0 Å². The van der Waals surface area contributed by atoms with Crippen molar-refractivity contribution >= 4 is 40.5 Å². The molecule has 9 nitrogen and oxygen atoms in total. The molecule has 2 aromatic heterocycles. The molecule has 1 aliphatic carbocycles. The number of carboxylic acids is 1. The molecule has 10 heteroatoms. The number of amides is 2. The molecule has 2 heterocycles. The maximum Gasteiger partial charge on any atom is 0.348 e. The highest BCUT2D eigenvalue weighted by Gasteiger charge is 2.34. The normalized spacial score (nSPS) is 18.1. The Morgan fingerprint density at radius 1 is 1.21 bits per heavy atom. The molecule has 2 N–H and O–H groups in total. The van der Waals surface area contributed by atoms with Gasteiger partial charge in [-0.25, -0.2) is 9.78 Å². The molecule has 1 atom stereocenters. The first kappa shape index (κ1) is 27.5. The number of carbonyl (C=O) groups excluding carboxylic acids is 2. The van der Waals surface area contributed by atoms with E-state index in [1.165, 1.54) is 0 Å². The van der Waals surface area contributed by atoms with Gasteiger partial charge in [-0.2, -0.15) is 0 Å². The number of carboxylic acid groups (broad SMARTS) is 1. The summed E-state index contributed by atoms with van der Waals surface area (Å²) in [4.78, 5) is 45.0. The van der Waals surface area contributed by atoms with Gasteiger partial charge in [0.2, 0.25) is 5.91 Å². The number of thiophene rings is 1. The number of hydrogen-bond acceptors (Lipinski definition) is 6. The zero-order chi connectivity index (χ0) is 27.4.